The highest BCUT2D eigenvalue weighted by Gasteiger charge is 2.62. The second-order valence-electron chi connectivity index (χ2n) is 8.00. The van der Waals surface area contributed by atoms with E-state index in [1.165, 1.54) is 19.2 Å². The number of hydrogen-bond donors (Lipinski definition) is 2. The first kappa shape index (κ1) is 21.7. The van der Waals surface area contributed by atoms with Crippen LogP contribution in [0.15, 0.2) is 40.2 Å². The fourth-order valence-corrected chi connectivity index (χ4v) is 5.33. The van der Waals surface area contributed by atoms with Gasteiger partial charge in [0.05, 0.1) is 17.1 Å². The summed E-state index contributed by atoms with van der Waals surface area (Å²) in [6, 6.07) is 7.22. The Labute approximate surface area is 177 Å². The number of nitrogens with zero attached hydrogens (tertiary/aromatic N) is 3. The Balaban J connectivity index is 1.58. The number of hydrogen-bond acceptors (Lipinski definition) is 6. The predicted molar refractivity (Wildman–Crippen MR) is 108 cm³/mol. The van der Waals surface area contributed by atoms with Crippen LogP contribution < -0.4 is 5.73 Å². The van der Waals surface area contributed by atoms with Crippen molar-refractivity contribution >= 4 is 15.9 Å². The van der Waals surface area contributed by atoms with Gasteiger partial charge in [-0.2, -0.15) is 17.5 Å². The van der Waals surface area contributed by atoms with E-state index < -0.39 is 40.7 Å². The average Bonchev–Trinajstić information content (AvgIpc) is 3.04. The zero-order valence-electron chi connectivity index (χ0n) is 16.8. The molecule has 0 saturated heterocycles. The summed E-state index contributed by atoms with van der Waals surface area (Å²) < 4.78 is 65.4. The van der Waals surface area contributed by atoms with Gasteiger partial charge in [-0.1, -0.05) is 12.1 Å². The molecule has 2 aromatic rings. The van der Waals surface area contributed by atoms with Crippen LogP contribution in [-0.2, 0) is 16.6 Å². The number of benzene rings is 1. The van der Waals surface area contributed by atoms with Gasteiger partial charge < -0.3 is 10.8 Å². The summed E-state index contributed by atoms with van der Waals surface area (Å²) in [5.74, 6) is 0.356. The van der Waals surface area contributed by atoms with Crippen LogP contribution in [0.3, 0.4) is 0 Å². The van der Waals surface area contributed by atoms with E-state index in [4.69, 9.17) is 5.73 Å². The van der Waals surface area contributed by atoms with E-state index in [1.54, 1.807) is 13.0 Å². The van der Waals surface area contributed by atoms with Crippen molar-refractivity contribution in [1.29, 1.82) is 0 Å². The van der Waals surface area contributed by atoms with Crippen molar-refractivity contribution in [3.8, 4) is 11.3 Å². The summed E-state index contributed by atoms with van der Waals surface area (Å²) in [7, 11) is -2.81. The summed E-state index contributed by atoms with van der Waals surface area (Å²) in [5, 5.41) is 9.62. The van der Waals surface area contributed by atoms with Gasteiger partial charge in [-0.25, -0.2) is 13.4 Å². The summed E-state index contributed by atoms with van der Waals surface area (Å²) >= 11 is 0. The fraction of sp³-hybridized carbons (Fsp3) is 0.400. The van der Waals surface area contributed by atoms with Gasteiger partial charge in [0, 0.05) is 37.1 Å². The maximum absolute atomic E-state index is 12.9. The minimum atomic E-state index is -4.79. The Kier molecular flexibility index (Phi) is 4.91. The Bertz CT molecular complexity index is 1190. The number of pyridine rings is 1. The van der Waals surface area contributed by atoms with Crippen LogP contribution in [0.25, 0.3) is 11.3 Å². The van der Waals surface area contributed by atoms with Crippen LogP contribution >= 0.6 is 0 Å². The van der Waals surface area contributed by atoms with E-state index in [9.17, 15) is 26.7 Å². The maximum Gasteiger partial charge on any atom is 0.417 e. The summed E-state index contributed by atoms with van der Waals surface area (Å²) in [5.41, 5.74) is 6.49. The van der Waals surface area contributed by atoms with E-state index in [1.807, 2.05) is 12.1 Å². The Morgan fingerprint density at radius 3 is 2.52 bits per heavy atom. The van der Waals surface area contributed by atoms with E-state index >= 15 is 0 Å². The average molecular weight is 454 g/mol. The molecule has 1 aromatic carbocycles. The molecule has 7 nitrogen and oxygen atoms in total. The summed E-state index contributed by atoms with van der Waals surface area (Å²) in [4.78, 5) is 8.63. The van der Waals surface area contributed by atoms with E-state index in [0.29, 0.717) is 34.9 Å². The molecule has 0 atom stereocenters. The Morgan fingerprint density at radius 1 is 1.23 bits per heavy atom. The number of alkyl halides is 3. The lowest BCUT2D eigenvalue weighted by Gasteiger charge is -2.47. The number of sulfonamides is 1. The van der Waals surface area contributed by atoms with Crippen molar-refractivity contribution in [2.24, 2.45) is 10.7 Å². The number of halogens is 3. The van der Waals surface area contributed by atoms with Crippen LogP contribution in [-0.4, -0.2) is 53.5 Å². The van der Waals surface area contributed by atoms with Crippen LogP contribution in [0.2, 0.25) is 0 Å². The van der Waals surface area contributed by atoms with E-state index in [-0.39, 0.29) is 4.90 Å². The number of fused-ring (bicyclic) bond motifs is 1. The van der Waals surface area contributed by atoms with Crippen LogP contribution in [0, 0.1) is 6.92 Å². The SMILES string of the molecule is Cc1cc(S(=O)(=O)N(C)C2CC(O)(C(F)(F)F)C2)ccc1-c1ccc2c(n1)C(N)=NC2. The molecule has 0 amide bonds. The molecule has 31 heavy (non-hydrogen) atoms. The molecule has 0 radical (unpaired) electrons. The summed E-state index contributed by atoms with van der Waals surface area (Å²) in [6.45, 7) is 2.20. The van der Waals surface area contributed by atoms with Crippen LogP contribution in [0.4, 0.5) is 13.2 Å². The van der Waals surface area contributed by atoms with Crippen molar-refractivity contribution in [2.75, 3.05) is 7.05 Å². The van der Waals surface area contributed by atoms with Gasteiger partial charge in [-0.15, -0.1) is 0 Å². The molecule has 2 heterocycles. The molecule has 11 heteroatoms. The second-order valence-corrected chi connectivity index (χ2v) is 9.99. The number of aromatic nitrogens is 1. The van der Waals surface area contributed by atoms with Crippen molar-refractivity contribution < 1.29 is 26.7 Å². The van der Waals surface area contributed by atoms with Gasteiger partial charge in [-0.3, -0.25) is 4.99 Å². The lowest BCUT2D eigenvalue weighted by Crippen LogP contribution is -2.62. The molecule has 166 valence electrons. The molecule has 0 spiro atoms. The zero-order chi connectivity index (χ0) is 22.8. The highest BCUT2D eigenvalue weighted by atomic mass is 32.2. The molecular formula is C20H21F3N4O3S. The van der Waals surface area contributed by atoms with Gasteiger partial charge in [0.2, 0.25) is 10.0 Å². The minimum Gasteiger partial charge on any atom is -0.382 e. The van der Waals surface area contributed by atoms with Crippen molar-refractivity contribution in [2.45, 2.75) is 49.0 Å². The highest BCUT2D eigenvalue weighted by Crippen LogP contribution is 2.47. The first-order valence-electron chi connectivity index (χ1n) is 9.52. The molecule has 0 unspecified atom stereocenters. The predicted octanol–water partition coefficient (Wildman–Crippen LogP) is 2.35. The number of amidine groups is 1. The van der Waals surface area contributed by atoms with Gasteiger partial charge in [0.15, 0.2) is 5.60 Å². The van der Waals surface area contributed by atoms with Crippen molar-refractivity contribution in [3.05, 3.63) is 47.2 Å². The first-order chi connectivity index (χ1) is 14.3. The Morgan fingerprint density at radius 2 is 1.90 bits per heavy atom. The molecule has 1 aliphatic carbocycles. The van der Waals surface area contributed by atoms with Crippen LogP contribution in [0.1, 0.15) is 29.7 Å². The molecule has 1 fully saturated rings. The van der Waals surface area contributed by atoms with Gasteiger partial charge in [0.1, 0.15) is 11.5 Å². The second kappa shape index (κ2) is 7.01. The number of aliphatic hydroxyl groups is 1. The minimum absolute atomic E-state index is 0.0408. The molecule has 1 saturated carbocycles. The number of aryl methyl sites for hydroxylation is 1. The van der Waals surface area contributed by atoms with E-state index in [0.717, 1.165) is 9.87 Å². The smallest absolute Gasteiger partial charge is 0.382 e. The fourth-order valence-electron chi connectivity index (χ4n) is 3.89. The lowest BCUT2D eigenvalue weighted by molar-refractivity contribution is -0.295. The maximum atomic E-state index is 12.9. The van der Waals surface area contributed by atoms with Crippen molar-refractivity contribution in [3.63, 3.8) is 0 Å². The third-order valence-electron chi connectivity index (χ3n) is 5.98. The van der Waals surface area contributed by atoms with Gasteiger partial charge in [-0.05, 0) is 30.7 Å². The van der Waals surface area contributed by atoms with Crippen LogP contribution in [0.5, 0.6) is 0 Å². The lowest BCUT2D eigenvalue weighted by atomic mass is 9.75. The standard InChI is InChI=1S/C20H21F3N4O3S/c1-11-7-14(31(29,30)27(2)13-8-19(28,9-13)20(21,22)23)4-5-15(11)16-6-3-12-10-25-18(24)17(12)26-16/h3-7,13,28H,8-10H2,1-2H3,(H2,24,25). The third kappa shape index (κ3) is 3.50. The topological polar surface area (TPSA) is 109 Å². The quantitative estimate of drug-likeness (QED) is 0.737. The van der Waals surface area contributed by atoms with Gasteiger partial charge >= 0.3 is 6.18 Å². The number of nitrogens with two attached hydrogens (primary N) is 1. The van der Waals surface area contributed by atoms with Gasteiger partial charge in [0.25, 0.3) is 0 Å². The largest absolute Gasteiger partial charge is 0.417 e. The molecule has 4 rings (SSSR count). The number of rotatable bonds is 4. The zero-order valence-corrected chi connectivity index (χ0v) is 17.6. The number of aliphatic imine (C=N–C) groups is 1. The monoisotopic (exact) mass is 454 g/mol. The Hall–Kier alpha value is -2.50. The normalized spacial score (nSPS) is 23.5. The molecule has 3 N–H and O–H groups in total. The molecule has 0 bridgehead atoms. The molecular weight excluding hydrogens is 433 g/mol. The van der Waals surface area contributed by atoms with Crippen molar-refractivity contribution in [1.82, 2.24) is 9.29 Å². The van der Waals surface area contributed by atoms with E-state index in [2.05, 4.69) is 9.98 Å². The molecule has 1 aromatic heterocycles. The highest BCUT2D eigenvalue weighted by molar-refractivity contribution is 7.89. The third-order valence-corrected chi connectivity index (χ3v) is 7.89. The summed E-state index contributed by atoms with van der Waals surface area (Å²) in [6.07, 6.45) is -6.17. The first-order valence-corrected chi connectivity index (χ1v) is 11.0. The molecule has 1 aliphatic heterocycles. The molecule has 2 aliphatic rings.